The second kappa shape index (κ2) is 8.98. The van der Waals surface area contributed by atoms with Gasteiger partial charge in [0.1, 0.15) is 23.9 Å². The summed E-state index contributed by atoms with van der Waals surface area (Å²) in [6, 6.07) is 23.8. The van der Waals surface area contributed by atoms with E-state index in [1.807, 2.05) is 71.6 Å². The second-order valence-electron chi connectivity index (χ2n) is 8.38. The normalized spacial score (nSPS) is 15.9. The predicted molar refractivity (Wildman–Crippen MR) is 129 cm³/mol. The molecular formula is C27H27N3O3. The van der Waals surface area contributed by atoms with Crippen LogP contribution in [0.15, 0.2) is 72.8 Å². The summed E-state index contributed by atoms with van der Waals surface area (Å²) in [7, 11) is 1.65. The van der Waals surface area contributed by atoms with Gasteiger partial charge in [0, 0.05) is 24.6 Å². The van der Waals surface area contributed by atoms with Gasteiger partial charge in [-0.2, -0.15) is 0 Å². The van der Waals surface area contributed by atoms with E-state index >= 15 is 0 Å². The van der Waals surface area contributed by atoms with Crippen molar-refractivity contribution in [3.8, 4) is 11.5 Å². The quantitative estimate of drug-likeness (QED) is 0.407. The highest BCUT2D eigenvalue weighted by Gasteiger charge is 2.34. The molecule has 3 aromatic carbocycles. The van der Waals surface area contributed by atoms with Crippen LogP contribution in [-0.4, -0.2) is 35.7 Å². The van der Waals surface area contributed by atoms with E-state index in [9.17, 15) is 4.79 Å². The first-order chi connectivity index (χ1) is 16.1. The number of aryl methyl sites for hydroxylation is 1. The summed E-state index contributed by atoms with van der Waals surface area (Å²) in [6.45, 7) is 3.83. The first-order valence-electron chi connectivity index (χ1n) is 11.2. The Labute approximate surface area is 193 Å². The van der Waals surface area contributed by atoms with E-state index in [1.165, 1.54) is 5.56 Å². The molecule has 6 heteroatoms. The standard InChI is InChI=1S/C27H27N3O3/c1-19-7-9-21(10-8-19)30-18-20(17-26(30)31)27-28-24-5-3-4-6-25(24)29(27)15-16-33-23-13-11-22(32-2)12-14-23/h3-14,20H,15-18H2,1-2H3/t20-/m0/s1. The van der Waals surface area contributed by atoms with Gasteiger partial charge >= 0.3 is 0 Å². The zero-order chi connectivity index (χ0) is 22.8. The van der Waals surface area contributed by atoms with Crippen LogP contribution in [0.2, 0.25) is 0 Å². The van der Waals surface area contributed by atoms with Gasteiger partial charge in [-0.25, -0.2) is 4.98 Å². The van der Waals surface area contributed by atoms with Gasteiger partial charge in [-0.1, -0.05) is 29.8 Å². The molecule has 1 amide bonds. The Kier molecular flexibility index (Phi) is 5.73. The lowest BCUT2D eigenvalue weighted by Crippen LogP contribution is -2.24. The smallest absolute Gasteiger partial charge is 0.227 e. The topological polar surface area (TPSA) is 56.6 Å². The third-order valence-electron chi connectivity index (χ3n) is 6.16. The Morgan fingerprint density at radius 3 is 2.45 bits per heavy atom. The predicted octanol–water partition coefficient (Wildman–Crippen LogP) is 4.95. The molecule has 0 spiro atoms. The van der Waals surface area contributed by atoms with Crippen molar-refractivity contribution in [2.45, 2.75) is 25.8 Å². The third kappa shape index (κ3) is 4.29. The molecule has 1 aliphatic heterocycles. The van der Waals surface area contributed by atoms with Crippen molar-refractivity contribution in [2.24, 2.45) is 0 Å². The Hall–Kier alpha value is -3.80. The van der Waals surface area contributed by atoms with E-state index < -0.39 is 0 Å². The molecule has 168 valence electrons. The molecule has 1 aliphatic rings. The van der Waals surface area contributed by atoms with E-state index in [1.54, 1.807) is 7.11 Å². The van der Waals surface area contributed by atoms with E-state index in [0.29, 0.717) is 26.1 Å². The summed E-state index contributed by atoms with van der Waals surface area (Å²) in [5, 5.41) is 0. The maximum Gasteiger partial charge on any atom is 0.227 e. The number of hydrogen-bond acceptors (Lipinski definition) is 4. The van der Waals surface area contributed by atoms with Crippen molar-refractivity contribution in [3.63, 3.8) is 0 Å². The van der Waals surface area contributed by atoms with Crippen LogP contribution in [0.3, 0.4) is 0 Å². The molecule has 2 heterocycles. The Morgan fingerprint density at radius 2 is 1.70 bits per heavy atom. The highest BCUT2D eigenvalue weighted by molar-refractivity contribution is 5.96. The number of ether oxygens (including phenoxy) is 2. The number of nitrogens with zero attached hydrogens (tertiary/aromatic N) is 3. The number of benzene rings is 3. The monoisotopic (exact) mass is 441 g/mol. The molecule has 1 saturated heterocycles. The number of hydrogen-bond donors (Lipinski definition) is 0. The van der Waals surface area contributed by atoms with Crippen molar-refractivity contribution in [1.29, 1.82) is 0 Å². The minimum atomic E-state index is 0.0344. The van der Waals surface area contributed by atoms with Crippen LogP contribution in [0, 0.1) is 6.92 Å². The molecule has 1 aromatic heterocycles. The van der Waals surface area contributed by atoms with Crippen LogP contribution in [0.25, 0.3) is 11.0 Å². The van der Waals surface area contributed by atoms with Crippen molar-refractivity contribution in [3.05, 3.63) is 84.2 Å². The SMILES string of the molecule is COc1ccc(OCCn2c([C@H]3CC(=O)N(c4ccc(C)cc4)C3)nc3ccccc32)cc1. The number of carbonyl (C=O) groups excluding carboxylic acids is 1. The fourth-order valence-corrected chi connectivity index (χ4v) is 4.42. The van der Waals surface area contributed by atoms with E-state index in [0.717, 1.165) is 34.0 Å². The number of methoxy groups -OCH3 is 1. The van der Waals surface area contributed by atoms with E-state index in [2.05, 4.69) is 17.6 Å². The van der Waals surface area contributed by atoms with Crippen molar-refractivity contribution in [1.82, 2.24) is 9.55 Å². The van der Waals surface area contributed by atoms with Crippen molar-refractivity contribution in [2.75, 3.05) is 25.2 Å². The molecule has 1 atom stereocenters. The molecule has 1 fully saturated rings. The van der Waals surface area contributed by atoms with Crippen LogP contribution < -0.4 is 14.4 Å². The number of para-hydroxylation sites is 2. The summed E-state index contributed by atoms with van der Waals surface area (Å²) in [6.07, 6.45) is 0.455. The minimum absolute atomic E-state index is 0.0344. The number of fused-ring (bicyclic) bond motifs is 1. The lowest BCUT2D eigenvalue weighted by Gasteiger charge is -2.18. The lowest BCUT2D eigenvalue weighted by atomic mass is 10.1. The Bertz CT molecular complexity index is 1260. The van der Waals surface area contributed by atoms with Gasteiger partial charge in [-0.15, -0.1) is 0 Å². The summed E-state index contributed by atoms with van der Waals surface area (Å²) in [5.41, 5.74) is 4.13. The van der Waals surface area contributed by atoms with Gasteiger partial charge in [-0.3, -0.25) is 4.79 Å². The summed E-state index contributed by atoms with van der Waals surface area (Å²) in [4.78, 5) is 19.7. The molecular weight excluding hydrogens is 414 g/mol. The number of imidazole rings is 1. The Balaban J connectivity index is 1.37. The van der Waals surface area contributed by atoms with Crippen LogP contribution in [0.5, 0.6) is 11.5 Å². The molecule has 0 unspecified atom stereocenters. The van der Waals surface area contributed by atoms with Crippen molar-refractivity contribution < 1.29 is 14.3 Å². The Morgan fingerprint density at radius 1 is 0.970 bits per heavy atom. The molecule has 0 bridgehead atoms. The molecule has 33 heavy (non-hydrogen) atoms. The molecule has 0 saturated carbocycles. The van der Waals surface area contributed by atoms with E-state index in [-0.39, 0.29) is 11.8 Å². The first-order valence-corrected chi connectivity index (χ1v) is 11.2. The summed E-state index contributed by atoms with van der Waals surface area (Å²) in [5.74, 6) is 2.71. The molecule has 6 nitrogen and oxygen atoms in total. The zero-order valence-corrected chi connectivity index (χ0v) is 18.9. The number of anilines is 1. The average molecular weight is 442 g/mol. The van der Waals surface area contributed by atoms with Gasteiger partial charge in [0.05, 0.1) is 24.7 Å². The zero-order valence-electron chi connectivity index (χ0n) is 18.9. The van der Waals surface area contributed by atoms with Crippen LogP contribution >= 0.6 is 0 Å². The fraction of sp³-hybridized carbons (Fsp3) is 0.259. The van der Waals surface area contributed by atoms with Gasteiger partial charge < -0.3 is 18.9 Å². The van der Waals surface area contributed by atoms with Crippen LogP contribution in [0.1, 0.15) is 23.7 Å². The van der Waals surface area contributed by atoms with Gasteiger partial charge in [0.2, 0.25) is 5.91 Å². The van der Waals surface area contributed by atoms with Crippen LogP contribution in [-0.2, 0) is 11.3 Å². The summed E-state index contributed by atoms with van der Waals surface area (Å²) < 4.78 is 13.4. The van der Waals surface area contributed by atoms with Gasteiger partial charge in [-0.05, 0) is 55.5 Å². The third-order valence-corrected chi connectivity index (χ3v) is 6.16. The van der Waals surface area contributed by atoms with Gasteiger partial charge in [0.25, 0.3) is 0 Å². The van der Waals surface area contributed by atoms with Crippen molar-refractivity contribution >= 4 is 22.6 Å². The van der Waals surface area contributed by atoms with Crippen LogP contribution in [0.4, 0.5) is 5.69 Å². The first kappa shape index (κ1) is 21.1. The molecule has 4 aromatic rings. The second-order valence-corrected chi connectivity index (χ2v) is 8.38. The molecule has 0 radical (unpaired) electrons. The maximum absolute atomic E-state index is 12.9. The number of rotatable bonds is 7. The lowest BCUT2D eigenvalue weighted by molar-refractivity contribution is -0.117. The molecule has 0 aliphatic carbocycles. The van der Waals surface area contributed by atoms with E-state index in [4.69, 9.17) is 14.5 Å². The number of aromatic nitrogens is 2. The minimum Gasteiger partial charge on any atom is -0.497 e. The summed E-state index contributed by atoms with van der Waals surface area (Å²) >= 11 is 0. The molecule has 5 rings (SSSR count). The average Bonchev–Trinajstić information content (AvgIpc) is 3.41. The molecule has 0 N–H and O–H groups in total. The fourth-order valence-electron chi connectivity index (χ4n) is 4.42. The number of amides is 1. The van der Waals surface area contributed by atoms with Gasteiger partial charge in [0.15, 0.2) is 0 Å². The highest BCUT2D eigenvalue weighted by atomic mass is 16.5. The number of carbonyl (C=O) groups is 1. The maximum atomic E-state index is 12.9. The largest absolute Gasteiger partial charge is 0.497 e. The highest BCUT2D eigenvalue weighted by Crippen LogP contribution is 2.33.